The van der Waals surface area contributed by atoms with Gasteiger partial charge < -0.3 is 15.5 Å². The van der Waals surface area contributed by atoms with E-state index in [0.717, 1.165) is 25.3 Å². The molecule has 3 aliphatic rings. The van der Waals surface area contributed by atoms with Gasteiger partial charge in [0, 0.05) is 42.8 Å². The van der Waals surface area contributed by atoms with Crippen LogP contribution in [0.1, 0.15) is 12.0 Å². The summed E-state index contributed by atoms with van der Waals surface area (Å²) in [6.45, 7) is 1.93. The van der Waals surface area contributed by atoms with Gasteiger partial charge in [0.05, 0.1) is 10.6 Å². The summed E-state index contributed by atoms with van der Waals surface area (Å²) in [7, 11) is -2.77. The van der Waals surface area contributed by atoms with Crippen molar-refractivity contribution >= 4 is 33.8 Å². The molecule has 1 unspecified atom stereocenters. The summed E-state index contributed by atoms with van der Waals surface area (Å²) in [6.07, 6.45) is 7.70. The van der Waals surface area contributed by atoms with E-state index in [1.165, 1.54) is 6.07 Å². The summed E-state index contributed by atoms with van der Waals surface area (Å²) in [5.74, 6) is 0.516. The van der Waals surface area contributed by atoms with Crippen LogP contribution >= 0.6 is 0 Å². The number of hydrogen-bond acceptors (Lipinski definition) is 8. The molecule has 0 bridgehead atoms. The van der Waals surface area contributed by atoms with Crippen LogP contribution in [-0.4, -0.2) is 49.3 Å². The van der Waals surface area contributed by atoms with Crippen LogP contribution in [0.5, 0.6) is 0 Å². The molecule has 4 heterocycles. The molecule has 0 saturated carbocycles. The molecule has 0 aliphatic carbocycles. The van der Waals surface area contributed by atoms with Gasteiger partial charge in [-0.3, -0.25) is 4.79 Å². The Kier molecular flexibility index (Phi) is 4.91. The molecule has 9 nitrogen and oxygen atoms in total. The van der Waals surface area contributed by atoms with Crippen molar-refractivity contribution in [2.24, 2.45) is 5.10 Å². The lowest BCUT2D eigenvalue weighted by molar-refractivity contribution is -0.114. The van der Waals surface area contributed by atoms with Crippen molar-refractivity contribution in [3.05, 3.63) is 72.2 Å². The SMILES string of the molecule is O=C(Nc1ccnc(N2CCC2)c1)C1=CNC2C=CC(c3ccccc3[SH](=O)=O)=NN12. The quantitative estimate of drug-likeness (QED) is 0.606. The number of hydrazone groups is 1. The lowest BCUT2D eigenvalue weighted by Gasteiger charge is -2.32. The van der Waals surface area contributed by atoms with E-state index >= 15 is 0 Å². The number of nitrogens with one attached hydrogen (secondary N) is 2. The van der Waals surface area contributed by atoms with Crippen molar-refractivity contribution in [1.29, 1.82) is 0 Å². The number of pyridine rings is 1. The normalized spacial score (nSPS) is 19.3. The first-order chi connectivity index (χ1) is 15.1. The van der Waals surface area contributed by atoms with Gasteiger partial charge in [-0.25, -0.2) is 18.4 Å². The van der Waals surface area contributed by atoms with Gasteiger partial charge in [-0.1, -0.05) is 18.2 Å². The van der Waals surface area contributed by atoms with E-state index in [1.54, 1.807) is 47.7 Å². The molecule has 0 radical (unpaired) electrons. The number of aromatic nitrogens is 1. The molecule has 0 spiro atoms. The van der Waals surface area contributed by atoms with Crippen LogP contribution in [0, 0.1) is 0 Å². The van der Waals surface area contributed by atoms with E-state index in [4.69, 9.17) is 0 Å². The highest BCUT2D eigenvalue weighted by Crippen LogP contribution is 2.25. The molecule has 2 aromatic rings. The topological polar surface area (TPSA) is 107 Å². The lowest BCUT2D eigenvalue weighted by Crippen LogP contribution is -2.38. The summed E-state index contributed by atoms with van der Waals surface area (Å²) in [5, 5.41) is 12.1. The minimum Gasteiger partial charge on any atom is -0.365 e. The monoisotopic (exact) mass is 436 g/mol. The highest BCUT2D eigenvalue weighted by atomic mass is 32.2. The standard InChI is InChI=1S/C21H20N6O3S/c28-21(24-14-8-9-22-20(12-14)26-10-3-11-26)17-13-23-19-7-6-16(25-27(17)19)15-4-1-2-5-18(15)31(29)30/h1-2,4-9,12-13,19,23,31H,3,10-11H2,(H,22,24,28). The average molecular weight is 436 g/mol. The van der Waals surface area contributed by atoms with Gasteiger partial charge in [-0.2, -0.15) is 5.10 Å². The minimum atomic E-state index is -2.77. The average Bonchev–Trinajstić information content (AvgIpc) is 3.16. The highest BCUT2D eigenvalue weighted by Gasteiger charge is 2.31. The van der Waals surface area contributed by atoms with Crippen LogP contribution in [0.15, 0.2) is 76.6 Å². The molecule has 1 aromatic heterocycles. The Labute approximate surface area is 180 Å². The summed E-state index contributed by atoms with van der Waals surface area (Å²) >= 11 is 0. The number of carbonyl (C=O) groups excluding carboxylic acids is 1. The first-order valence-corrected chi connectivity index (χ1v) is 11.1. The Morgan fingerprint density at radius 2 is 2.03 bits per heavy atom. The van der Waals surface area contributed by atoms with E-state index < -0.39 is 10.7 Å². The van der Waals surface area contributed by atoms with Gasteiger partial charge in [0.15, 0.2) is 10.7 Å². The fourth-order valence-corrected chi connectivity index (χ4v) is 4.20. The van der Waals surface area contributed by atoms with Crippen LogP contribution < -0.4 is 15.5 Å². The predicted octanol–water partition coefficient (Wildman–Crippen LogP) is 1.25. The van der Waals surface area contributed by atoms with E-state index in [0.29, 0.717) is 22.7 Å². The summed E-state index contributed by atoms with van der Waals surface area (Å²) < 4.78 is 23.2. The zero-order valence-corrected chi connectivity index (χ0v) is 17.3. The smallest absolute Gasteiger partial charge is 0.275 e. The number of nitrogens with zero attached hydrogens (tertiary/aromatic N) is 4. The van der Waals surface area contributed by atoms with Gasteiger partial charge in [0.1, 0.15) is 17.7 Å². The Balaban J connectivity index is 1.38. The minimum absolute atomic E-state index is 0.191. The number of hydrogen-bond donors (Lipinski definition) is 3. The molecule has 3 aliphatic heterocycles. The van der Waals surface area contributed by atoms with Gasteiger partial charge in [-0.15, -0.1) is 0 Å². The van der Waals surface area contributed by atoms with Gasteiger partial charge in [-0.05, 0) is 30.7 Å². The number of benzene rings is 1. The zero-order valence-electron chi connectivity index (χ0n) is 16.4. The number of allylic oxidation sites excluding steroid dienone is 1. The predicted molar refractivity (Wildman–Crippen MR) is 117 cm³/mol. The van der Waals surface area contributed by atoms with Crippen LogP contribution in [0.4, 0.5) is 11.5 Å². The van der Waals surface area contributed by atoms with Crippen molar-refractivity contribution in [2.45, 2.75) is 17.5 Å². The number of amides is 1. The molecule has 31 heavy (non-hydrogen) atoms. The van der Waals surface area contributed by atoms with Crippen molar-refractivity contribution in [2.75, 3.05) is 23.3 Å². The number of fused-ring (bicyclic) bond motifs is 1. The third kappa shape index (κ3) is 3.66. The first-order valence-electron chi connectivity index (χ1n) is 9.88. The maximum absolute atomic E-state index is 13.0. The van der Waals surface area contributed by atoms with E-state index in [9.17, 15) is 13.2 Å². The first kappa shape index (κ1) is 19.3. The van der Waals surface area contributed by atoms with Crippen molar-refractivity contribution in [1.82, 2.24) is 15.3 Å². The zero-order chi connectivity index (χ0) is 21.4. The van der Waals surface area contributed by atoms with Crippen LogP contribution in [0.25, 0.3) is 0 Å². The van der Waals surface area contributed by atoms with Gasteiger partial charge >= 0.3 is 0 Å². The third-order valence-corrected chi connectivity index (χ3v) is 6.13. The molecular weight excluding hydrogens is 416 g/mol. The molecular formula is C21H20N6O3S. The van der Waals surface area contributed by atoms with Crippen molar-refractivity contribution in [3.8, 4) is 0 Å². The Bertz CT molecular complexity index is 1210. The largest absolute Gasteiger partial charge is 0.365 e. The highest BCUT2D eigenvalue weighted by molar-refractivity contribution is 7.72. The molecule has 1 fully saturated rings. The molecule has 2 N–H and O–H groups in total. The van der Waals surface area contributed by atoms with Crippen molar-refractivity contribution in [3.63, 3.8) is 0 Å². The van der Waals surface area contributed by atoms with Crippen molar-refractivity contribution < 1.29 is 13.2 Å². The molecule has 1 aromatic carbocycles. The third-order valence-electron chi connectivity index (χ3n) is 5.35. The van der Waals surface area contributed by atoms with Crippen LogP contribution in [0.3, 0.4) is 0 Å². The molecule has 1 atom stereocenters. The van der Waals surface area contributed by atoms with Crippen LogP contribution in [0.2, 0.25) is 0 Å². The van der Waals surface area contributed by atoms with Crippen LogP contribution in [-0.2, 0) is 15.5 Å². The van der Waals surface area contributed by atoms with Gasteiger partial charge in [0.25, 0.3) is 5.91 Å². The number of thiol groups is 1. The number of anilines is 2. The summed E-state index contributed by atoms with van der Waals surface area (Å²) in [6, 6.07) is 10.3. The number of rotatable bonds is 5. The van der Waals surface area contributed by atoms with Gasteiger partial charge in [0.2, 0.25) is 0 Å². The Morgan fingerprint density at radius 1 is 1.19 bits per heavy atom. The maximum Gasteiger partial charge on any atom is 0.275 e. The molecule has 1 saturated heterocycles. The molecule has 1 amide bonds. The second-order valence-corrected chi connectivity index (χ2v) is 8.30. The Morgan fingerprint density at radius 3 is 2.81 bits per heavy atom. The maximum atomic E-state index is 13.0. The fourth-order valence-electron chi connectivity index (χ4n) is 3.61. The molecule has 10 heteroatoms. The van der Waals surface area contributed by atoms with E-state index in [-0.39, 0.29) is 17.0 Å². The summed E-state index contributed by atoms with van der Waals surface area (Å²) in [4.78, 5) is 19.7. The number of carbonyl (C=O) groups is 1. The Hall–Kier alpha value is -3.66. The molecule has 5 rings (SSSR count). The molecule has 158 valence electrons. The summed E-state index contributed by atoms with van der Waals surface area (Å²) in [5.41, 5.74) is 1.94. The van der Waals surface area contributed by atoms with E-state index in [1.807, 2.05) is 12.1 Å². The van der Waals surface area contributed by atoms with E-state index in [2.05, 4.69) is 25.6 Å². The fraction of sp³-hybridized carbons (Fsp3) is 0.190. The lowest BCUT2D eigenvalue weighted by atomic mass is 10.1. The second-order valence-electron chi connectivity index (χ2n) is 7.30. The second kappa shape index (κ2) is 7.88.